The van der Waals surface area contributed by atoms with Crippen molar-refractivity contribution in [1.82, 2.24) is 5.12 Å². The van der Waals surface area contributed by atoms with E-state index in [9.17, 15) is 0 Å². The molecule has 1 atom stereocenters. The molecular weight excluding hydrogens is 331 g/mol. The summed E-state index contributed by atoms with van der Waals surface area (Å²) in [7, 11) is 0. The van der Waals surface area contributed by atoms with Crippen LogP contribution in [0.2, 0.25) is 15.1 Å². The van der Waals surface area contributed by atoms with Gasteiger partial charge in [0.15, 0.2) is 0 Å². The van der Waals surface area contributed by atoms with Crippen molar-refractivity contribution in [2.45, 2.75) is 6.04 Å². The van der Waals surface area contributed by atoms with Crippen molar-refractivity contribution < 1.29 is 0 Å². The summed E-state index contributed by atoms with van der Waals surface area (Å²) in [5, 5.41) is 6.80. The minimum absolute atomic E-state index is 0.410. The number of halogens is 3. The van der Waals surface area contributed by atoms with Crippen LogP contribution >= 0.6 is 34.8 Å². The molecule has 1 unspecified atom stereocenters. The van der Waals surface area contributed by atoms with E-state index in [1.807, 2.05) is 12.1 Å². The molecule has 0 aromatic heterocycles. The lowest BCUT2D eigenvalue weighted by Gasteiger charge is -2.26. The maximum atomic E-state index is 6.27. The lowest BCUT2D eigenvalue weighted by molar-refractivity contribution is 0.245. The van der Waals surface area contributed by atoms with E-state index in [4.69, 9.17) is 46.4 Å². The first kappa shape index (κ1) is 15.9. The van der Waals surface area contributed by atoms with Gasteiger partial charge in [-0.15, -0.1) is 0 Å². The lowest BCUT2D eigenvalue weighted by Crippen LogP contribution is -2.32. The molecule has 2 aromatic carbocycles. The van der Waals surface area contributed by atoms with Crippen molar-refractivity contribution in [3.8, 4) is 0 Å². The predicted octanol–water partition coefficient (Wildman–Crippen LogP) is 3.81. The van der Waals surface area contributed by atoms with Gasteiger partial charge in [-0.2, -0.15) is 5.10 Å². The number of hydrazine groups is 1. The zero-order chi connectivity index (χ0) is 15.4. The summed E-state index contributed by atoms with van der Waals surface area (Å²) >= 11 is 18.1. The Morgan fingerprint density at radius 2 is 1.62 bits per heavy atom. The average molecular weight is 344 g/mol. The van der Waals surface area contributed by atoms with E-state index in [2.05, 4.69) is 5.10 Å². The summed E-state index contributed by atoms with van der Waals surface area (Å²) in [6.45, 7) is 0. The first-order chi connectivity index (χ1) is 10.0. The largest absolute Gasteiger partial charge is 0.388 e. The topological polar surface area (TPSA) is 67.6 Å². The van der Waals surface area contributed by atoms with E-state index >= 15 is 0 Å². The molecule has 0 saturated carbocycles. The molecule has 2 aromatic rings. The van der Waals surface area contributed by atoms with Crippen molar-refractivity contribution in [2.24, 2.45) is 16.7 Å². The Hall–Kier alpha value is -1.46. The molecule has 0 spiro atoms. The molecule has 4 N–H and O–H groups in total. The van der Waals surface area contributed by atoms with E-state index in [1.165, 1.54) is 5.12 Å². The smallest absolute Gasteiger partial charge is 0.115 e. The van der Waals surface area contributed by atoms with Gasteiger partial charge in [-0.1, -0.05) is 53.0 Å². The maximum Gasteiger partial charge on any atom is 0.115 e. The lowest BCUT2D eigenvalue weighted by atomic mass is 9.99. The van der Waals surface area contributed by atoms with Crippen LogP contribution in [0.4, 0.5) is 0 Å². The Morgan fingerprint density at radius 1 is 1.00 bits per heavy atom. The Morgan fingerprint density at radius 3 is 2.19 bits per heavy atom. The average Bonchev–Trinajstić information content (AvgIpc) is 2.44. The monoisotopic (exact) mass is 342 g/mol. The molecule has 7 heteroatoms. The molecule has 0 aliphatic rings. The zero-order valence-electron chi connectivity index (χ0n) is 10.9. The van der Waals surface area contributed by atoms with Gasteiger partial charge in [0.1, 0.15) is 12.4 Å². The predicted molar refractivity (Wildman–Crippen MR) is 88.5 cm³/mol. The van der Waals surface area contributed by atoms with Crippen LogP contribution in [-0.4, -0.2) is 11.5 Å². The van der Waals surface area contributed by atoms with Crippen LogP contribution in [0.1, 0.15) is 17.2 Å². The van der Waals surface area contributed by atoms with Gasteiger partial charge in [0.05, 0.1) is 0 Å². The highest BCUT2D eigenvalue weighted by Crippen LogP contribution is 2.34. The number of hydrazone groups is 1. The van der Waals surface area contributed by atoms with Gasteiger partial charge >= 0.3 is 0 Å². The highest BCUT2D eigenvalue weighted by atomic mass is 35.5. The van der Waals surface area contributed by atoms with Gasteiger partial charge in [-0.25, -0.2) is 11.0 Å². The van der Waals surface area contributed by atoms with Crippen LogP contribution in [0.25, 0.3) is 0 Å². The Kier molecular flexibility index (Phi) is 5.31. The molecule has 0 bridgehead atoms. The standard InChI is InChI=1S/C14H13Cl3N4/c15-10-3-1-9(2-4-10)14(21(19)20-8-18)12-6-5-11(16)7-13(12)17/h1-8,14H,19H2,(H2,18,20). The van der Waals surface area contributed by atoms with Crippen LogP contribution in [0.5, 0.6) is 0 Å². The first-order valence-electron chi connectivity index (χ1n) is 6.01. The molecule has 0 saturated heterocycles. The summed E-state index contributed by atoms with van der Waals surface area (Å²) in [4.78, 5) is 0. The highest BCUT2D eigenvalue weighted by Gasteiger charge is 2.22. The fourth-order valence-corrected chi connectivity index (χ4v) is 2.62. The summed E-state index contributed by atoms with van der Waals surface area (Å²) in [5.41, 5.74) is 6.95. The van der Waals surface area contributed by atoms with Gasteiger partial charge in [0.2, 0.25) is 0 Å². The van der Waals surface area contributed by atoms with Crippen molar-refractivity contribution >= 4 is 41.1 Å². The van der Waals surface area contributed by atoms with Gasteiger partial charge < -0.3 is 5.73 Å². The fraction of sp³-hybridized carbons (Fsp3) is 0.0714. The number of benzene rings is 2. The molecule has 2 rings (SSSR count). The van der Waals surface area contributed by atoms with Crippen LogP contribution < -0.4 is 11.6 Å². The Bertz CT molecular complexity index is 643. The van der Waals surface area contributed by atoms with Crippen molar-refractivity contribution in [3.05, 3.63) is 68.7 Å². The molecule has 0 amide bonds. The van der Waals surface area contributed by atoms with Gasteiger partial charge in [0, 0.05) is 20.6 Å². The summed E-state index contributed by atoms with van der Waals surface area (Å²) in [6, 6.07) is 12.0. The molecule has 0 aliphatic carbocycles. The third-order valence-corrected chi connectivity index (χ3v) is 3.72. The summed E-state index contributed by atoms with van der Waals surface area (Å²) in [5.74, 6) is 5.97. The second-order valence-electron chi connectivity index (χ2n) is 4.26. The number of hydrogen-bond acceptors (Lipinski definition) is 3. The molecule has 21 heavy (non-hydrogen) atoms. The van der Waals surface area contributed by atoms with Crippen LogP contribution in [0, 0.1) is 0 Å². The molecule has 0 fully saturated rings. The number of nitrogens with two attached hydrogens (primary N) is 2. The van der Waals surface area contributed by atoms with Gasteiger partial charge in [0.25, 0.3) is 0 Å². The van der Waals surface area contributed by atoms with E-state index in [0.717, 1.165) is 17.5 Å². The van der Waals surface area contributed by atoms with E-state index in [-0.39, 0.29) is 0 Å². The van der Waals surface area contributed by atoms with Gasteiger partial charge in [-0.05, 0) is 29.8 Å². The van der Waals surface area contributed by atoms with Gasteiger partial charge in [-0.3, -0.25) is 0 Å². The van der Waals surface area contributed by atoms with E-state index in [0.29, 0.717) is 15.1 Å². The minimum atomic E-state index is -0.410. The third kappa shape index (κ3) is 3.80. The Balaban J connectivity index is 2.52. The molecule has 110 valence electrons. The first-order valence-corrected chi connectivity index (χ1v) is 7.15. The van der Waals surface area contributed by atoms with Crippen molar-refractivity contribution in [3.63, 3.8) is 0 Å². The molecular formula is C14H13Cl3N4. The second kappa shape index (κ2) is 7.00. The van der Waals surface area contributed by atoms with Crippen LogP contribution in [0.15, 0.2) is 47.6 Å². The minimum Gasteiger partial charge on any atom is -0.388 e. The summed E-state index contributed by atoms with van der Waals surface area (Å²) in [6.07, 6.45) is 1.12. The van der Waals surface area contributed by atoms with Crippen molar-refractivity contribution in [1.29, 1.82) is 0 Å². The normalized spacial score (nSPS) is 12.6. The second-order valence-corrected chi connectivity index (χ2v) is 5.54. The van der Waals surface area contributed by atoms with Crippen LogP contribution in [0.3, 0.4) is 0 Å². The van der Waals surface area contributed by atoms with E-state index < -0.39 is 6.04 Å². The highest BCUT2D eigenvalue weighted by molar-refractivity contribution is 6.35. The van der Waals surface area contributed by atoms with Crippen LogP contribution in [-0.2, 0) is 0 Å². The fourth-order valence-electron chi connectivity index (χ4n) is 1.99. The number of rotatable bonds is 4. The quantitative estimate of drug-likeness (QED) is 0.384. The zero-order valence-corrected chi connectivity index (χ0v) is 13.1. The van der Waals surface area contributed by atoms with E-state index in [1.54, 1.807) is 30.3 Å². The van der Waals surface area contributed by atoms with Crippen molar-refractivity contribution in [2.75, 3.05) is 0 Å². The molecule has 0 heterocycles. The molecule has 0 radical (unpaired) electrons. The SMILES string of the molecule is N/C=N\N(N)C(c1ccc(Cl)cc1)c1ccc(Cl)cc1Cl. The maximum absolute atomic E-state index is 6.27. The Labute approximate surface area is 137 Å². The third-order valence-electron chi connectivity index (χ3n) is 2.91. The summed E-state index contributed by atoms with van der Waals surface area (Å²) < 4.78 is 0. The number of hydrogen-bond donors (Lipinski definition) is 2. The number of nitrogens with zero attached hydrogens (tertiary/aromatic N) is 2. The molecule has 4 nitrogen and oxygen atoms in total. The molecule has 0 aliphatic heterocycles.